The lowest BCUT2D eigenvalue weighted by Gasteiger charge is -2.39. The van der Waals surface area contributed by atoms with Crippen molar-refractivity contribution in [1.29, 1.82) is 0 Å². The second kappa shape index (κ2) is 9.65. The lowest BCUT2D eigenvalue weighted by atomic mass is 9.74. The van der Waals surface area contributed by atoms with Gasteiger partial charge >= 0.3 is 0 Å². The molecule has 1 spiro atoms. The lowest BCUT2D eigenvalue weighted by molar-refractivity contribution is 0.0977. The SMILES string of the molecule is COc1ccc2c(c1)C1(CCN(CC=Cc3ccccc3)CC1)CN2C(=O)c1cccc(Cl)c1. The number of likely N-dealkylation sites (tertiary alicyclic amines) is 1. The lowest BCUT2D eigenvalue weighted by Crippen LogP contribution is -2.46. The van der Waals surface area contributed by atoms with Crippen LogP contribution in [0.25, 0.3) is 6.08 Å². The van der Waals surface area contributed by atoms with E-state index in [1.54, 1.807) is 19.2 Å². The third-order valence-corrected chi connectivity index (χ3v) is 7.37. The molecule has 0 unspecified atom stereocenters. The molecule has 0 aromatic heterocycles. The summed E-state index contributed by atoms with van der Waals surface area (Å²) in [6.45, 7) is 3.61. The summed E-state index contributed by atoms with van der Waals surface area (Å²) in [4.78, 5) is 17.9. The highest BCUT2D eigenvalue weighted by Gasteiger charge is 2.46. The fourth-order valence-corrected chi connectivity index (χ4v) is 5.42. The molecule has 5 rings (SSSR count). The van der Waals surface area contributed by atoms with Crippen molar-refractivity contribution in [2.75, 3.05) is 38.2 Å². The fourth-order valence-electron chi connectivity index (χ4n) is 5.23. The molecular formula is C29H29ClN2O2. The van der Waals surface area contributed by atoms with Gasteiger partial charge in [-0.25, -0.2) is 0 Å². The number of anilines is 1. The number of halogens is 1. The number of carbonyl (C=O) groups excluding carboxylic acids is 1. The summed E-state index contributed by atoms with van der Waals surface area (Å²) in [6.07, 6.45) is 6.44. The summed E-state index contributed by atoms with van der Waals surface area (Å²) in [5, 5.41) is 0.576. The molecule has 0 radical (unpaired) electrons. The van der Waals surface area contributed by atoms with Gasteiger partial charge in [0.25, 0.3) is 5.91 Å². The van der Waals surface area contributed by atoms with Crippen LogP contribution in [0, 0.1) is 0 Å². The zero-order valence-electron chi connectivity index (χ0n) is 19.4. The monoisotopic (exact) mass is 472 g/mol. The molecule has 0 saturated carbocycles. The average Bonchev–Trinajstić information content (AvgIpc) is 3.18. The molecule has 0 atom stereocenters. The van der Waals surface area contributed by atoms with Gasteiger partial charge in [0.2, 0.25) is 0 Å². The summed E-state index contributed by atoms with van der Waals surface area (Å²) in [7, 11) is 1.69. The number of amides is 1. The molecule has 1 amide bonds. The first-order valence-corrected chi connectivity index (χ1v) is 12.2. The van der Waals surface area contributed by atoms with Crippen LogP contribution < -0.4 is 9.64 Å². The fraction of sp³-hybridized carbons (Fsp3) is 0.276. The number of methoxy groups -OCH3 is 1. The molecule has 174 valence electrons. The van der Waals surface area contributed by atoms with E-state index in [9.17, 15) is 4.79 Å². The number of ether oxygens (including phenoxy) is 1. The third kappa shape index (κ3) is 4.48. The van der Waals surface area contributed by atoms with Gasteiger partial charge < -0.3 is 9.64 Å². The van der Waals surface area contributed by atoms with E-state index in [-0.39, 0.29) is 11.3 Å². The van der Waals surface area contributed by atoms with Gasteiger partial charge in [-0.15, -0.1) is 0 Å². The number of nitrogens with zero attached hydrogens (tertiary/aromatic N) is 2. The molecule has 2 heterocycles. The number of rotatable bonds is 5. The van der Waals surface area contributed by atoms with Gasteiger partial charge in [-0.05, 0) is 73.5 Å². The zero-order chi connectivity index (χ0) is 23.5. The van der Waals surface area contributed by atoms with Crippen LogP contribution in [0.4, 0.5) is 5.69 Å². The van der Waals surface area contributed by atoms with E-state index < -0.39 is 0 Å². The molecule has 3 aromatic carbocycles. The Balaban J connectivity index is 1.35. The molecule has 1 fully saturated rings. The molecule has 5 heteroatoms. The maximum Gasteiger partial charge on any atom is 0.258 e. The van der Waals surface area contributed by atoms with Crippen LogP contribution in [0.3, 0.4) is 0 Å². The summed E-state index contributed by atoms with van der Waals surface area (Å²) in [6, 6.07) is 23.7. The topological polar surface area (TPSA) is 32.8 Å². The predicted molar refractivity (Wildman–Crippen MR) is 139 cm³/mol. The van der Waals surface area contributed by atoms with Gasteiger partial charge in [0.15, 0.2) is 0 Å². The summed E-state index contributed by atoms with van der Waals surface area (Å²) >= 11 is 6.18. The van der Waals surface area contributed by atoms with Crippen LogP contribution in [0.5, 0.6) is 5.75 Å². The highest BCUT2D eigenvalue weighted by molar-refractivity contribution is 6.31. The first kappa shape index (κ1) is 22.7. The Morgan fingerprint density at radius 1 is 1.03 bits per heavy atom. The molecule has 0 bridgehead atoms. The van der Waals surface area contributed by atoms with E-state index in [1.165, 1.54) is 11.1 Å². The van der Waals surface area contributed by atoms with E-state index in [1.807, 2.05) is 35.2 Å². The number of carbonyl (C=O) groups is 1. The maximum absolute atomic E-state index is 13.5. The standard InChI is InChI=1S/C29H29ClN2O2/c1-34-25-12-13-27-26(20-25)29(21-32(27)28(33)23-10-5-11-24(30)19-23)14-17-31(18-15-29)16-6-9-22-7-3-2-4-8-22/h2-13,19-20H,14-18,21H2,1H3. The minimum Gasteiger partial charge on any atom is -0.497 e. The van der Waals surface area contributed by atoms with Crippen molar-refractivity contribution in [3.05, 3.63) is 101 Å². The predicted octanol–water partition coefficient (Wildman–Crippen LogP) is 6.06. The minimum atomic E-state index is -0.0578. The van der Waals surface area contributed by atoms with Crippen molar-refractivity contribution in [1.82, 2.24) is 4.90 Å². The molecule has 1 saturated heterocycles. The molecule has 4 nitrogen and oxygen atoms in total. The van der Waals surface area contributed by atoms with Gasteiger partial charge in [-0.1, -0.05) is 60.2 Å². The van der Waals surface area contributed by atoms with Gasteiger partial charge in [-0.3, -0.25) is 9.69 Å². The Morgan fingerprint density at radius 3 is 2.56 bits per heavy atom. The van der Waals surface area contributed by atoms with E-state index in [0.717, 1.165) is 43.9 Å². The number of piperidine rings is 1. The number of benzene rings is 3. The van der Waals surface area contributed by atoms with E-state index >= 15 is 0 Å². The van der Waals surface area contributed by atoms with E-state index in [0.29, 0.717) is 17.1 Å². The third-order valence-electron chi connectivity index (χ3n) is 7.13. The van der Waals surface area contributed by atoms with Gasteiger partial charge in [-0.2, -0.15) is 0 Å². The second-order valence-corrected chi connectivity index (χ2v) is 9.62. The second-order valence-electron chi connectivity index (χ2n) is 9.18. The molecule has 2 aliphatic heterocycles. The Kier molecular flexibility index (Phi) is 6.44. The van der Waals surface area contributed by atoms with Gasteiger partial charge in [0.05, 0.1) is 7.11 Å². The summed E-state index contributed by atoms with van der Waals surface area (Å²) in [5.41, 5.74) is 4.00. The summed E-state index contributed by atoms with van der Waals surface area (Å²) < 4.78 is 5.55. The van der Waals surface area contributed by atoms with Crippen LogP contribution in [-0.4, -0.2) is 44.1 Å². The van der Waals surface area contributed by atoms with Crippen LogP contribution in [0.1, 0.15) is 34.3 Å². The zero-order valence-corrected chi connectivity index (χ0v) is 20.2. The molecule has 34 heavy (non-hydrogen) atoms. The normalized spacial score (nSPS) is 17.3. The first-order valence-electron chi connectivity index (χ1n) is 11.8. The van der Waals surface area contributed by atoms with Crippen LogP contribution in [0.15, 0.2) is 78.9 Å². The molecule has 2 aliphatic rings. The Labute approximate surface area is 206 Å². The van der Waals surface area contributed by atoms with Crippen molar-refractivity contribution in [3.8, 4) is 5.75 Å². The van der Waals surface area contributed by atoms with Crippen molar-refractivity contribution >= 4 is 29.3 Å². The van der Waals surface area contributed by atoms with Crippen molar-refractivity contribution in [2.45, 2.75) is 18.3 Å². The first-order chi connectivity index (χ1) is 16.6. The molecule has 0 N–H and O–H groups in total. The van der Waals surface area contributed by atoms with Gasteiger partial charge in [0.1, 0.15) is 5.75 Å². The van der Waals surface area contributed by atoms with Crippen LogP contribution in [-0.2, 0) is 5.41 Å². The number of hydrogen-bond acceptors (Lipinski definition) is 3. The minimum absolute atomic E-state index is 0.000911. The Morgan fingerprint density at radius 2 is 1.82 bits per heavy atom. The highest BCUT2D eigenvalue weighted by Crippen LogP contribution is 2.48. The van der Waals surface area contributed by atoms with Gasteiger partial charge in [0, 0.05) is 34.8 Å². The average molecular weight is 473 g/mol. The number of fused-ring (bicyclic) bond motifs is 2. The van der Waals surface area contributed by atoms with Crippen molar-refractivity contribution in [3.63, 3.8) is 0 Å². The largest absolute Gasteiger partial charge is 0.497 e. The molecule has 0 aliphatic carbocycles. The van der Waals surface area contributed by atoms with Crippen molar-refractivity contribution in [2.24, 2.45) is 0 Å². The van der Waals surface area contributed by atoms with E-state index in [2.05, 4.69) is 47.4 Å². The maximum atomic E-state index is 13.5. The van der Waals surface area contributed by atoms with E-state index in [4.69, 9.17) is 16.3 Å². The Bertz CT molecular complexity index is 1200. The van der Waals surface area contributed by atoms with Crippen LogP contribution in [0.2, 0.25) is 5.02 Å². The molecular weight excluding hydrogens is 444 g/mol. The van der Waals surface area contributed by atoms with Crippen LogP contribution >= 0.6 is 11.6 Å². The highest BCUT2D eigenvalue weighted by atomic mass is 35.5. The number of hydrogen-bond donors (Lipinski definition) is 0. The summed E-state index contributed by atoms with van der Waals surface area (Å²) in [5.74, 6) is 0.836. The Hall–Kier alpha value is -3.08. The quantitative estimate of drug-likeness (QED) is 0.452. The molecule has 3 aromatic rings. The smallest absolute Gasteiger partial charge is 0.258 e. The van der Waals surface area contributed by atoms with Crippen molar-refractivity contribution < 1.29 is 9.53 Å².